The average molecular weight is 263 g/mol. The van der Waals surface area contributed by atoms with Crippen LogP contribution in [-0.4, -0.2) is 4.98 Å². The van der Waals surface area contributed by atoms with Crippen molar-refractivity contribution in [2.75, 3.05) is 0 Å². The molecule has 0 saturated heterocycles. The van der Waals surface area contributed by atoms with E-state index in [1.54, 1.807) is 0 Å². The number of halogens is 5. The Morgan fingerprint density at radius 2 is 1.87 bits per heavy atom. The van der Waals surface area contributed by atoms with Gasteiger partial charge in [0.05, 0.1) is 5.56 Å². The second-order valence-corrected chi connectivity index (χ2v) is 2.68. The Bertz CT molecular complexity index is 315. The predicted molar refractivity (Wildman–Crippen MR) is 56.4 cm³/mol. The normalized spacial score (nSPS) is 10.2. The smallest absolute Gasteiger partial charge is 0.326 e. The zero-order chi connectivity index (χ0) is 10.1. The fraction of sp³-hybridized carbons (Fsp3) is 0.375. The molecule has 0 radical (unpaired) electrons. The maximum atomic E-state index is 12.3. The molecule has 7 heteroatoms. The van der Waals surface area contributed by atoms with Crippen LogP contribution in [0.5, 0.6) is 0 Å². The lowest BCUT2D eigenvalue weighted by atomic mass is 10.1. The number of pyridine rings is 1. The number of alkyl halides is 3. The van der Waals surface area contributed by atoms with Gasteiger partial charge in [0, 0.05) is 18.4 Å². The predicted octanol–water partition coefficient (Wildman–Crippen LogP) is 2.71. The number of aryl methyl sites for hydroxylation is 1. The molecule has 1 heterocycles. The first-order valence-electron chi connectivity index (χ1n) is 3.68. The Labute approximate surface area is 97.9 Å². The maximum absolute atomic E-state index is 12.3. The van der Waals surface area contributed by atoms with E-state index in [1.807, 2.05) is 0 Å². The summed E-state index contributed by atoms with van der Waals surface area (Å²) in [5.74, 6) is 0. The number of hydrogen-bond donors (Lipinski definition) is 1. The van der Waals surface area contributed by atoms with Crippen molar-refractivity contribution < 1.29 is 13.2 Å². The molecule has 0 aliphatic carbocycles. The summed E-state index contributed by atoms with van der Waals surface area (Å²) in [7, 11) is 0. The summed E-state index contributed by atoms with van der Waals surface area (Å²) in [6.45, 7) is 1.39. The van der Waals surface area contributed by atoms with Crippen LogP contribution in [0.2, 0.25) is 0 Å². The van der Waals surface area contributed by atoms with Crippen LogP contribution in [0.1, 0.15) is 16.8 Å². The van der Waals surface area contributed by atoms with Crippen LogP contribution in [0, 0.1) is 6.92 Å². The summed E-state index contributed by atoms with van der Waals surface area (Å²) in [4.78, 5) is 3.62. The van der Waals surface area contributed by atoms with Crippen LogP contribution in [-0.2, 0) is 12.7 Å². The van der Waals surface area contributed by atoms with Gasteiger partial charge >= 0.3 is 6.18 Å². The monoisotopic (exact) mass is 262 g/mol. The van der Waals surface area contributed by atoms with Gasteiger partial charge in [0.1, 0.15) is 0 Å². The van der Waals surface area contributed by atoms with Gasteiger partial charge in [-0.25, -0.2) is 0 Å². The molecule has 15 heavy (non-hydrogen) atoms. The molecule has 2 N–H and O–H groups in total. The van der Waals surface area contributed by atoms with Gasteiger partial charge in [-0.15, -0.1) is 24.8 Å². The highest BCUT2D eigenvalue weighted by Gasteiger charge is 2.33. The van der Waals surface area contributed by atoms with E-state index in [2.05, 4.69) is 4.98 Å². The molecule has 0 saturated carbocycles. The van der Waals surface area contributed by atoms with Crippen LogP contribution in [0.25, 0.3) is 0 Å². The lowest BCUT2D eigenvalue weighted by Crippen LogP contribution is -2.10. The molecular formula is C8H11Cl2F3N2. The molecule has 0 unspecified atom stereocenters. The Morgan fingerprint density at radius 1 is 1.33 bits per heavy atom. The van der Waals surface area contributed by atoms with Gasteiger partial charge in [-0.05, 0) is 18.6 Å². The van der Waals surface area contributed by atoms with E-state index in [4.69, 9.17) is 5.73 Å². The topological polar surface area (TPSA) is 38.9 Å². The number of nitrogens with zero attached hydrogens (tertiary/aromatic N) is 1. The van der Waals surface area contributed by atoms with E-state index in [1.165, 1.54) is 13.1 Å². The Morgan fingerprint density at radius 3 is 2.27 bits per heavy atom. The highest BCUT2D eigenvalue weighted by molar-refractivity contribution is 5.85. The lowest BCUT2D eigenvalue weighted by molar-refractivity contribution is -0.138. The molecule has 0 spiro atoms. The first-order chi connectivity index (χ1) is 5.95. The summed E-state index contributed by atoms with van der Waals surface area (Å²) in [5, 5.41) is 0. The van der Waals surface area contributed by atoms with Crippen LogP contribution in [0.3, 0.4) is 0 Å². The van der Waals surface area contributed by atoms with Crippen molar-refractivity contribution in [2.45, 2.75) is 19.6 Å². The summed E-state index contributed by atoms with van der Waals surface area (Å²) in [6, 6.07) is 1.03. The van der Waals surface area contributed by atoms with E-state index >= 15 is 0 Å². The molecule has 1 aromatic rings. The van der Waals surface area contributed by atoms with E-state index in [-0.39, 0.29) is 37.1 Å². The number of nitrogens with two attached hydrogens (primary N) is 1. The summed E-state index contributed by atoms with van der Waals surface area (Å²) in [6.07, 6.45) is -2.99. The molecule has 0 aliphatic rings. The van der Waals surface area contributed by atoms with E-state index in [0.717, 1.165) is 6.07 Å². The zero-order valence-corrected chi connectivity index (χ0v) is 9.47. The number of aromatic nitrogens is 1. The molecule has 0 fully saturated rings. The molecule has 0 bridgehead atoms. The molecular weight excluding hydrogens is 252 g/mol. The van der Waals surface area contributed by atoms with Gasteiger partial charge in [0.25, 0.3) is 0 Å². The zero-order valence-electron chi connectivity index (χ0n) is 7.84. The first-order valence-corrected chi connectivity index (χ1v) is 3.68. The molecule has 0 atom stereocenters. The van der Waals surface area contributed by atoms with Crippen molar-refractivity contribution in [3.63, 3.8) is 0 Å². The van der Waals surface area contributed by atoms with Gasteiger partial charge in [-0.3, -0.25) is 4.98 Å². The van der Waals surface area contributed by atoms with Crippen molar-refractivity contribution in [1.82, 2.24) is 4.98 Å². The molecule has 2 nitrogen and oxygen atoms in total. The minimum absolute atomic E-state index is 0. The highest BCUT2D eigenvalue weighted by Crippen LogP contribution is 2.31. The largest absolute Gasteiger partial charge is 0.418 e. The minimum Gasteiger partial charge on any atom is -0.326 e. The maximum Gasteiger partial charge on any atom is 0.418 e. The molecule has 88 valence electrons. The fourth-order valence-electron chi connectivity index (χ4n) is 0.975. The average Bonchev–Trinajstić information content (AvgIpc) is 2.03. The van der Waals surface area contributed by atoms with Gasteiger partial charge in [-0.1, -0.05) is 0 Å². The van der Waals surface area contributed by atoms with Crippen molar-refractivity contribution in [2.24, 2.45) is 5.73 Å². The third-order valence-corrected chi connectivity index (χ3v) is 1.68. The van der Waals surface area contributed by atoms with Gasteiger partial charge in [0.2, 0.25) is 0 Å². The first kappa shape index (κ1) is 16.9. The molecule has 0 aliphatic heterocycles. The SMILES string of the molecule is Cc1ncc(CN)cc1C(F)(F)F.Cl.Cl. The number of rotatable bonds is 1. The van der Waals surface area contributed by atoms with Gasteiger partial charge in [0.15, 0.2) is 0 Å². The second kappa shape index (κ2) is 6.15. The molecule has 0 amide bonds. The van der Waals surface area contributed by atoms with Crippen molar-refractivity contribution in [3.8, 4) is 0 Å². The van der Waals surface area contributed by atoms with E-state index in [9.17, 15) is 13.2 Å². The number of hydrogen-bond acceptors (Lipinski definition) is 2. The third kappa shape index (κ3) is 4.24. The molecule has 0 aromatic carbocycles. The molecule has 1 rings (SSSR count). The summed E-state index contributed by atoms with van der Waals surface area (Å²) in [5.41, 5.74) is 4.86. The van der Waals surface area contributed by atoms with Gasteiger partial charge < -0.3 is 5.73 Å². The van der Waals surface area contributed by atoms with Crippen LogP contribution >= 0.6 is 24.8 Å². The summed E-state index contributed by atoms with van der Waals surface area (Å²) < 4.78 is 36.9. The third-order valence-electron chi connectivity index (χ3n) is 1.68. The summed E-state index contributed by atoms with van der Waals surface area (Å²) >= 11 is 0. The molecule has 1 aromatic heterocycles. The highest BCUT2D eigenvalue weighted by atomic mass is 35.5. The van der Waals surface area contributed by atoms with Gasteiger partial charge in [-0.2, -0.15) is 13.2 Å². The Kier molecular flexibility index (Phi) is 6.92. The van der Waals surface area contributed by atoms with E-state index in [0.29, 0.717) is 5.56 Å². The standard InChI is InChI=1S/C8H9F3N2.2ClH/c1-5-7(8(9,10)11)2-6(3-12)4-13-5;;/h2,4H,3,12H2,1H3;2*1H. The van der Waals surface area contributed by atoms with Crippen LogP contribution < -0.4 is 5.73 Å². The van der Waals surface area contributed by atoms with Crippen LogP contribution in [0.4, 0.5) is 13.2 Å². The Balaban J connectivity index is 0. The van der Waals surface area contributed by atoms with E-state index < -0.39 is 11.7 Å². The van der Waals surface area contributed by atoms with Crippen molar-refractivity contribution in [1.29, 1.82) is 0 Å². The Hall–Kier alpha value is -0.520. The second-order valence-electron chi connectivity index (χ2n) is 2.68. The minimum atomic E-state index is -4.34. The van der Waals surface area contributed by atoms with Crippen molar-refractivity contribution >= 4 is 24.8 Å². The quantitative estimate of drug-likeness (QED) is 0.846. The van der Waals surface area contributed by atoms with Crippen LogP contribution in [0.15, 0.2) is 12.3 Å². The van der Waals surface area contributed by atoms with Crippen molar-refractivity contribution in [3.05, 3.63) is 29.1 Å². The fourth-order valence-corrected chi connectivity index (χ4v) is 0.975. The lowest BCUT2D eigenvalue weighted by Gasteiger charge is -2.10.